The molecule has 6 nitrogen and oxygen atoms in total. The van der Waals surface area contributed by atoms with Crippen molar-refractivity contribution in [2.45, 2.75) is 96.2 Å². The lowest BCUT2D eigenvalue weighted by Gasteiger charge is -2.60. The average Bonchev–Trinajstić information content (AvgIpc) is 3.20. The van der Waals surface area contributed by atoms with Crippen LogP contribution in [0.4, 0.5) is 0 Å². The fourth-order valence-electron chi connectivity index (χ4n) is 8.48. The Morgan fingerprint density at radius 3 is 2.77 bits per heavy atom. The van der Waals surface area contributed by atoms with E-state index in [4.69, 9.17) is 9.47 Å². The summed E-state index contributed by atoms with van der Waals surface area (Å²) in [6.07, 6.45) is 6.35. The molecule has 6 heteroatoms. The lowest BCUT2D eigenvalue weighted by Crippen LogP contribution is -2.63. The van der Waals surface area contributed by atoms with Gasteiger partial charge in [0.2, 0.25) is 0 Å². The first kappa shape index (κ1) is 21.7. The molecule has 0 aromatic rings. The molecule has 1 aliphatic heterocycles. The van der Waals surface area contributed by atoms with Crippen molar-refractivity contribution in [1.82, 2.24) is 0 Å². The molecule has 0 bridgehead atoms. The molecule has 1 heterocycles. The maximum atomic E-state index is 13.2. The molecule has 3 saturated carbocycles. The Balaban J connectivity index is 1.55. The van der Waals surface area contributed by atoms with E-state index < -0.39 is 30.0 Å². The number of ketones is 2. The summed E-state index contributed by atoms with van der Waals surface area (Å²) < 4.78 is 12.7. The SMILES string of the molecule is CCCC1O[C@H]2C[C@H]3[C@@H]4CCC5=CC(=O)CC[C@]5(C)[C@@H]4[C@@H](O)C[C@]3(C)[C@]2(C(=O)CO)O1. The first-order valence-corrected chi connectivity index (χ1v) is 12.1. The number of carbonyl (C=O) groups excluding carboxylic acids is 2. The quantitative estimate of drug-likeness (QED) is 0.710. The summed E-state index contributed by atoms with van der Waals surface area (Å²) in [7, 11) is 0. The molecule has 1 unspecified atom stereocenters. The van der Waals surface area contributed by atoms with Crippen molar-refractivity contribution in [2.75, 3.05) is 6.61 Å². The average molecular weight is 433 g/mol. The van der Waals surface area contributed by atoms with Gasteiger partial charge in [-0.15, -0.1) is 0 Å². The fraction of sp³-hybridized carbons (Fsp3) is 0.840. The van der Waals surface area contributed by atoms with Crippen LogP contribution in [0.3, 0.4) is 0 Å². The summed E-state index contributed by atoms with van der Waals surface area (Å²) in [6, 6.07) is 0. The van der Waals surface area contributed by atoms with E-state index in [1.54, 1.807) is 0 Å². The van der Waals surface area contributed by atoms with Crippen molar-refractivity contribution in [1.29, 1.82) is 0 Å². The minimum absolute atomic E-state index is 0.0743. The van der Waals surface area contributed by atoms with Gasteiger partial charge in [0.1, 0.15) is 6.61 Å². The molecule has 0 amide bonds. The van der Waals surface area contributed by atoms with Crippen LogP contribution >= 0.6 is 0 Å². The van der Waals surface area contributed by atoms with E-state index in [0.29, 0.717) is 19.3 Å². The highest BCUT2D eigenvalue weighted by Crippen LogP contribution is 2.70. The first-order valence-electron chi connectivity index (χ1n) is 12.1. The van der Waals surface area contributed by atoms with Gasteiger partial charge in [-0.25, -0.2) is 0 Å². The van der Waals surface area contributed by atoms with Gasteiger partial charge in [-0.1, -0.05) is 32.8 Å². The van der Waals surface area contributed by atoms with Gasteiger partial charge in [-0.05, 0) is 67.8 Å². The van der Waals surface area contributed by atoms with Crippen LogP contribution in [-0.2, 0) is 19.1 Å². The second-order valence-electron chi connectivity index (χ2n) is 11.1. The van der Waals surface area contributed by atoms with Crippen LogP contribution in [-0.4, -0.2) is 52.5 Å². The highest BCUT2D eigenvalue weighted by atomic mass is 16.7. The second-order valence-corrected chi connectivity index (χ2v) is 11.1. The van der Waals surface area contributed by atoms with Crippen molar-refractivity contribution in [3.63, 3.8) is 0 Å². The predicted octanol–water partition coefficient (Wildman–Crippen LogP) is 2.94. The van der Waals surface area contributed by atoms with E-state index >= 15 is 0 Å². The number of aliphatic hydroxyl groups is 2. The van der Waals surface area contributed by atoms with Gasteiger partial charge >= 0.3 is 0 Å². The lowest BCUT2D eigenvalue weighted by molar-refractivity contribution is -0.203. The summed E-state index contributed by atoms with van der Waals surface area (Å²) in [6.45, 7) is 5.80. The molecule has 9 atom stereocenters. The molecular weight excluding hydrogens is 396 g/mol. The molecule has 5 aliphatic rings. The highest BCUT2D eigenvalue weighted by molar-refractivity contribution is 5.92. The van der Waals surface area contributed by atoms with E-state index in [-0.39, 0.29) is 40.8 Å². The van der Waals surface area contributed by atoms with Crippen LogP contribution < -0.4 is 0 Å². The van der Waals surface area contributed by atoms with Crippen LogP contribution in [0.2, 0.25) is 0 Å². The van der Waals surface area contributed by atoms with Crippen molar-refractivity contribution in [2.24, 2.45) is 28.6 Å². The number of hydrogen-bond acceptors (Lipinski definition) is 6. The summed E-state index contributed by atoms with van der Waals surface area (Å²) in [5.74, 6) is 0.394. The number of carbonyl (C=O) groups is 2. The lowest BCUT2D eigenvalue weighted by atomic mass is 9.45. The van der Waals surface area contributed by atoms with Gasteiger partial charge in [0.15, 0.2) is 23.5 Å². The number of ether oxygens (including phenoxy) is 2. The highest BCUT2D eigenvalue weighted by Gasteiger charge is 2.75. The zero-order valence-corrected chi connectivity index (χ0v) is 18.9. The Labute approximate surface area is 184 Å². The smallest absolute Gasteiger partial charge is 0.193 e. The molecule has 0 radical (unpaired) electrons. The fourth-order valence-corrected chi connectivity index (χ4v) is 8.48. The molecule has 0 spiro atoms. The van der Waals surface area contributed by atoms with Gasteiger partial charge in [0.05, 0.1) is 12.2 Å². The minimum atomic E-state index is -1.18. The van der Waals surface area contributed by atoms with Crippen LogP contribution in [0.1, 0.15) is 72.1 Å². The molecule has 5 rings (SSSR count). The Morgan fingerprint density at radius 1 is 1.29 bits per heavy atom. The van der Waals surface area contributed by atoms with Crippen molar-refractivity contribution in [3.8, 4) is 0 Å². The molecule has 2 N–H and O–H groups in total. The number of rotatable bonds is 4. The molecule has 31 heavy (non-hydrogen) atoms. The van der Waals surface area contributed by atoms with Crippen LogP contribution in [0, 0.1) is 28.6 Å². The Morgan fingerprint density at radius 2 is 2.06 bits per heavy atom. The van der Waals surface area contributed by atoms with Gasteiger partial charge in [-0.2, -0.15) is 0 Å². The maximum absolute atomic E-state index is 13.2. The van der Waals surface area contributed by atoms with E-state index in [9.17, 15) is 19.8 Å². The molecule has 1 saturated heterocycles. The Hall–Kier alpha value is -1.08. The van der Waals surface area contributed by atoms with E-state index in [1.165, 1.54) is 5.57 Å². The molecule has 0 aromatic carbocycles. The standard InChI is InChI=1S/C25H36O6/c1-4-5-21-30-20-11-17-16-7-6-14-10-15(27)8-9-23(14,2)22(16)18(28)12-24(17,3)25(20,31-21)19(29)13-26/h10,16-18,20-22,26,28H,4-9,11-13H2,1-3H3/t16-,17-,18-,20-,21?,22-,23-,24-,25+/m0/s1. The summed E-state index contributed by atoms with van der Waals surface area (Å²) in [5.41, 5.74) is -0.738. The molecule has 172 valence electrons. The van der Waals surface area contributed by atoms with E-state index in [1.807, 2.05) is 6.08 Å². The zero-order valence-electron chi connectivity index (χ0n) is 18.9. The number of fused-ring (bicyclic) bond motifs is 7. The van der Waals surface area contributed by atoms with Crippen molar-refractivity contribution >= 4 is 11.6 Å². The van der Waals surface area contributed by atoms with Gasteiger partial charge in [0, 0.05) is 11.8 Å². The number of allylic oxidation sites excluding steroid dienone is 1. The molecule has 4 aliphatic carbocycles. The number of aliphatic hydroxyl groups excluding tert-OH is 2. The zero-order chi connectivity index (χ0) is 22.2. The van der Waals surface area contributed by atoms with Crippen LogP contribution in [0.15, 0.2) is 11.6 Å². The first-order chi connectivity index (χ1) is 14.7. The van der Waals surface area contributed by atoms with Gasteiger partial charge < -0.3 is 19.7 Å². The van der Waals surface area contributed by atoms with E-state index in [2.05, 4.69) is 20.8 Å². The minimum Gasteiger partial charge on any atom is -0.393 e. The van der Waals surface area contributed by atoms with Crippen LogP contribution in [0.5, 0.6) is 0 Å². The molecule has 4 fully saturated rings. The van der Waals surface area contributed by atoms with Gasteiger partial charge in [0.25, 0.3) is 0 Å². The topological polar surface area (TPSA) is 93.1 Å². The number of hydrogen-bond donors (Lipinski definition) is 2. The third-order valence-corrected chi connectivity index (χ3v) is 9.77. The largest absolute Gasteiger partial charge is 0.393 e. The summed E-state index contributed by atoms with van der Waals surface area (Å²) >= 11 is 0. The van der Waals surface area contributed by atoms with E-state index in [0.717, 1.165) is 32.1 Å². The molecular formula is C25H36O6. The Bertz CT molecular complexity index is 821. The Kier molecular flexibility index (Phi) is 5.06. The summed E-state index contributed by atoms with van der Waals surface area (Å²) in [4.78, 5) is 25.3. The normalized spacial score (nSPS) is 50.9. The number of Topliss-reactive ketones (excluding diaryl/α,β-unsaturated/α-hetero) is 1. The van der Waals surface area contributed by atoms with Gasteiger partial charge in [-0.3, -0.25) is 9.59 Å². The molecule has 0 aromatic heterocycles. The maximum Gasteiger partial charge on any atom is 0.193 e. The third kappa shape index (κ3) is 2.71. The monoisotopic (exact) mass is 432 g/mol. The van der Waals surface area contributed by atoms with Crippen LogP contribution in [0.25, 0.3) is 0 Å². The predicted molar refractivity (Wildman–Crippen MR) is 113 cm³/mol. The van der Waals surface area contributed by atoms with Crippen molar-refractivity contribution < 1.29 is 29.3 Å². The second kappa shape index (κ2) is 7.21. The summed E-state index contributed by atoms with van der Waals surface area (Å²) in [5, 5.41) is 21.5. The van der Waals surface area contributed by atoms with Crippen molar-refractivity contribution in [3.05, 3.63) is 11.6 Å². The third-order valence-electron chi connectivity index (χ3n) is 9.77.